The van der Waals surface area contributed by atoms with Gasteiger partial charge in [-0.15, -0.1) is 0 Å². The van der Waals surface area contributed by atoms with Crippen LogP contribution in [0.4, 0.5) is 0 Å². The van der Waals surface area contributed by atoms with E-state index in [1.54, 1.807) is 12.1 Å². The Bertz CT molecular complexity index is 363. The van der Waals surface area contributed by atoms with Gasteiger partial charge in [0.05, 0.1) is 6.61 Å². The third kappa shape index (κ3) is 3.79. The number of aliphatic hydroxyl groups excluding tert-OH is 1. The Morgan fingerprint density at radius 2 is 2.07 bits per heavy atom. The molecule has 0 amide bonds. The third-order valence-electron chi connectivity index (χ3n) is 1.86. The number of carbonyl (C=O) groups excluding carboxylic acids is 1. The molecule has 0 heterocycles. The number of carbonyl (C=O) groups is 1. The summed E-state index contributed by atoms with van der Waals surface area (Å²) in [7, 11) is 0. The first-order chi connectivity index (χ1) is 7.02. The number of halogens is 1. The predicted molar refractivity (Wildman–Crippen MR) is 65.6 cm³/mol. The van der Waals surface area contributed by atoms with Gasteiger partial charge in [-0.05, 0) is 46.4 Å². The van der Waals surface area contributed by atoms with Crippen molar-refractivity contribution in [2.45, 2.75) is 13.8 Å². The maximum absolute atomic E-state index is 10.8. The van der Waals surface area contributed by atoms with E-state index in [9.17, 15) is 4.79 Å². The molecule has 4 heteroatoms. The fourth-order valence-electron chi connectivity index (χ4n) is 1.13. The molecule has 0 aliphatic rings. The zero-order chi connectivity index (χ0) is 11.4. The van der Waals surface area contributed by atoms with E-state index in [-0.39, 0.29) is 12.6 Å². The zero-order valence-corrected chi connectivity index (χ0v) is 10.7. The molecule has 0 fully saturated rings. The Balaban J connectivity index is 2.99. The van der Waals surface area contributed by atoms with E-state index in [0.717, 1.165) is 15.1 Å². The Morgan fingerprint density at radius 3 is 2.60 bits per heavy atom. The van der Waals surface area contributed by atoms with Crippen LogP contribution in [0.5, 0.6) is 5.75 Å². The first-order valence-electron chi connectivity index (χ1n) is 4.45. The van der Waals surface area contributed by atoms with Gasteiger partial charge < -0.3 is 9.84 Å². The lowest BCUT2D eigenvalue weighted by Crippen LogP contribution is -2.04. The highest BCUT2D eigenvalue weighted by molar-refractivity contribution is 14.1. The lowest BCUT2D eigenvalue weighted by molar-refractivity contribution is -0.131. The lowest BCUT2D eigenvalue weighted by Gasteiger charge is -2.10. The molecule has 0 unspecified atom stereocenters. The molecule has 1 aromatic rings. The van der Waals surface area contributed by atoms with Crippen molar-refractivity contribution in [1.82, 2.24) is 0 Å². The summed E-state index contributed by atoms with van der Waals surface area (Å²) in [5.41, 5.74) is 0.889. The maximum Gasteiger partial charge on any atom is 0.308 e. The van der Waals surface area contributed by atoms with E-state index in [4.69, 9.17) is 9.84 Å². The molecule has 0 saturated heterocycles. The quantitative estimate of drug-likeness (QED) is 0.528. The first kappa shape index (κ1) is 12.4. The van der Waals surface area contributed by atoms with E-state index < -0.39 is 0 Å². The van der Waals surface area contributed by atoms with Crippen molar-refractivity contribution in [3.05, 3.63) is 33.3 Å². The van der Waals surface area contributed by atoms with Crippen LogP contribution in [0.3, 0.4) is 0 Å². The number of hydrogen-bond acceptors (Lipinski definition) is 3. The van der Waals surface area contributed by atoms with Gasteiger partial charge in [-0.25, -0.2) is 0 Å². The van der Waals surface area contributed by atoms with Gasteiger partial charge in [-0.1, -0.05) is 6.92 Å². The molecule has 0 saturated carbocycles. The second-order valence-corrected chi connectivity index (χ2v) is 4.45. The van der Waals surface area contributed by atoms with Crippen molar-refractivity contribution in [3.8, 4) is 5.75 Å². The van der Waals surface area contributed by atoms with Crippen molar-refractivity contribution >= 4 is 28.6 Å². The molecule has 1 aromatic carbocycles. The van der Waals surface area contributed by atoms with Crippen LogP contribution in [0.15, 0.2) is 18.2 Å². The minimum Gasteiger partial charge on any atom is -0.427 e. The average Bonchev–Trinajstić information content (AvgIpc) is 2.14. The highest BCUT2D eigenvalue weighted by Gasteiger charge is 2.08. The first-order valence-corrected chi connectivity index (χ1v) is 5.53. The standard InChI is InChI=1S/C11H12IO3/c1-7(6-13)9-3-10(12)5-11(4-9)15-8(2)14/h3-5,13H,6H2,1-2H3. The van der Waals surface area contributed by atoms with Crippen molar-refractivity contribution < 1.29 is 14.6 Å². The number of aliphatic hydroxyl groups is 1. The van der Waals surface area contributed by atoms with Gasteiger partial charge in [0, 0.05) is 16.4 Å². The SMILES string of the molecule is C[C](CO)c1cc(I)cc(OC(C)=O)c1. The summed E-state index contributed by atoms with van der Waals surface area (Å²) in [5, 5.41) is 9.00. The lowest BCUT2D eigenvalue weighted by atomic mass is 10.0. The van der Waals surface area contributed by atoms with Gasteiger partial charge in [0.15, 0.2) is 0 Å². The van der Waals surface area contributed by atoms with Crippen molar-refractivity contribution in [2.75, 3.05) is 6.61 Å². The highest BCUT2D eigenvalue weighted by Crippen LogP contribution is 2.23. The van der Waals surface area contributed by atoms with Crippen LogP contribution in [0.2, 0.25) is 0 Å². The molecule has 0 aliphatic heterocycles. The second kappa shape index (κ2) is 5.46. The van der Waals surface area contributed by atoms with Gasteiger partial charge in [0.25, 0.3) is 0 Å². The molecule has 1 rings (SSSR count). The molecule has 0 atom stereocenters. The number of ether oxygens (including phenoxy) is 1. The number of rotatable bonds is 3. The molecule has 0 aromatic heterocycles. The summed E-state index contributed by atoms with van der Waals surface area (Å²) < 4.78 is 5.96. The molecule has 15 heavy (non-hydrogen) atoms. The fourth-order valence-corrected chi connectivity index (χ4v) is 1.77. The molecular formula is C11H12IO3. The predicted octanol–water partition coefficient (Wildman–Crippen LogP) is 2.15. The summed E-state index contributed by atoms with van der Waals surface area (Å²) in [6.07, 6.45) is 0. The summed E-state index contributed by atoms with van der Waals surface area (Å²) in [6.45, 7) is 3.20. The molecular weight excluding hydrogens is 307 g/mol. The summed E-state index contributed by atoms with van der Waals surface area (Å²) in [4.78, 5) is 10.8. The Morgan fingerprint density at radius 1 is 1.40 bits per heavy atom. The average molecular weight is 319 g/mol. The van der Waals surface area contributed by atoms with Gasteiger partial charge in [-0.3, -0.25) is 4.79 Å². The van der Waals surface area contributed by atoms with Crippen molar-refractivity contribution in [3.63, 3.8) is 0 Å². The Kier molecular flexibility index (Phi) is 4.53. The largest absolute Gasteiger partial charge is 0.427 e. The smallest absolute Gasteiger partial charge is 0.308 e. The molecule has 81 valence electrons. The number of esters is 1. The van der Waals surface area contributed by atoms with Crippen LogP contribution >= 0.6 is 22.6 Å². The van der Waals surface area contributed by atoms with E-state index >= 15 is 0 Å². The minimum atomic E-state index is -0.343. The van der Waals surface area contributed by atoms with Gasteiger partial charge in [0.1, 0.15) is 5.75 Å². The topological polar surface area (TPSA) is 46.5 Å². The normalized spacial score (nSPS) is 10.5. The summed E-state index contributed by atoms with van der Waals surface area (Å²) in [5.74, 6) is 1.02. The van der Waals surface area contributed by atoms with Crippen LogP contribution < -0.4 is 4.74 Å². The van der Waals surface area contributed by atoms with Gasteiger partial charge in [-0.2, -0.15) is 0 Å². The zero-order valence-electron chi connectivity index (χ0n) is 8.58. The van der Waals surface area contributed by atoms with Gasteiger partial charge >= 0.3 is 5.97 Å². The van der Waals surface area contributed by atoms with E-state index in [0.29, 0.717) is 5.75 Å². The Hall–Kier alpha value is -0.620. The third-order valence-corrected chi connectivity index (χ3v) is 2.49. The van der Waals surface area contributed by atoms with Crippen LogP contribution in [-0.2, 0) is 4.79 Å². The van der Waals surface area contributed by atoms with Crippen molar-refractivity contribution in [2.24, 2.45) is 0 Å². The van der Waals surface area contributed by atoms with E-state index in [1.165, 1.54) is 6.92 Å². The summed E-state index contributed by atoms with van der Waals surface area (Å²) >= 11 is 2.14. The summed E-state index contributed by atoms with van der Waals surface area (Å²) in [6, 6.07) is 5.45. The number of benzene rings is 1. The monoisotopic (exact) mass is 319 g/mol. The molecule has 3 nitrogen and oxygen atoms in total. The molecule has 1 radical (unpaired) electrons. The molecule has 1 N–H and O–H groups in total. The molecule has 0 aliphatic carbocycles. The number of hydrogen-bond donors (Lipinski definition) is 1. The minimum absolute atomic E-state index is 0.000392. The van der Waals surface area contributed by atoms with Crippen molar-refractivity contribution in [1.29, 1.82) is 0 Å². The van der Waals surface area contributed by atoms with E-state index in [2.05, 4.69) is 22.6 Å². The maximum atomic E-state index is 10.8. The van der Waals surface area contributed by atoms with Crippen LogP contribution in [0.1, 0.15) is 19.4 Å². The van der Waals surface area contributed by atoms with Crippen LogP contribution in [-0.4, -0.2) is 17.7 Å². The van der Waals surface area contributed by atoms with Crippen LogP contribution in [0.25, 0.3) is 0 Å². The Labute approximate surface area is 103 Å². The van der Waals surface area contributed by atoms with Crippen LogP contribution in [0, 0.1) is 9.49 Å². The molecule has 0 bridgehead atoms. The second-order valence-electron chi connectivity index (χ2n) is 3.21. The molecule has 0 spiro atoms. The fraction of sp³-hybridized carbons (Fsp3) is 0.273. The van der Waals surface area contributed by atoms with E-state index in [1.807, 2.05) is 13.0 Å². The highest BCUT2D eigenvalue weighted by atomic mass is 127. The van der Waals surface area contributed by atoms with Gasteiger partial charge in [0.2, 0.25) is 0 Å².